The third-order valence-electron chi connectivity index (χ3n) is 4.50. The highest BCUT2D eigenvalue weighted by molar-refractivity contribution is 7.15. The van der Waals surface area contributed by atoms with Crippen LogP contribution in [-0.4, -0.2) is 22.0 Å². The summed E-state index contributed by atoms with van der Waals surface area (Å²) in [5.41, 5.74) is 3.33. The molecule has 126 valence electrons. The molecule has 2 N–H and O–H groups in total. The lowest BCUT2D eigenvalue weighted by atomic mass is 9.73. The number of rotatable bonds is 5. The maximum absolute atomic E-state index is 12.2. The van der Waals surface area contributed by atoms with Gasteiger partial charge in [0.25, 0.3) is 0 Å². The molecule has 1 amide bonds. The molecule has 6 heteroatoms. The molecule has 0 radical (unpaired) electrons. The van der Waals surface area contributed by atoms with E-state index in [-0.39, 0.29) is 5.91 Å². The van der Waals surface area contributed by atoms with Crippen LogP contribution in [0, 0.1) is 25.7 Å². The number of aliphatic carboxylic acids is 1. The van der Waals surface area contributed by atoms with Crippen molar-refractivity contribution in [3.63, 3.8) is 0 Å². The van der Waals surface area contributed by atoms with Gasteiger partial charge in [-0.05, 0) is 32.3 Å². The molecule has 5 nitrogen and oxygen atoms in total. The fraction of sp³-hybridized carbons (Fsp3) is 0.389. The monoisotopic (exact) mass is 344 g/mol. The van der Waals surface area contributed by atoms with Crippen molar-refractivity contribution in [2.45, 2.75) is 33.1 Å². The number of anilines is 1. The van der Waals surface area contributed by atoms with Gasteiger partial charge in [-0.15, -0.1) is 11.3 Å². The van der Waals surface area contributed by atoms with Gasteiger partial charge in [0.1, 0.15) is 0 Å². The molecule has 3 rings (SSSR count). The quantitative estimate of drug-likeness (QED) is 0.871. The number of carboxylic acid groups (broad SMARTS) is 1. The Balaban J connectivity index is 1.68. The highest BCUT2D eigenvalue weighted by Crippen LogP contribution is 2.36. The summed E-state index contributed by atoms with van der Waals surface area (Å²) in [6, 6.07) is 8.32. The topological polar surface area (TPSA) is 79.3 Å². The van der Waals surface area contributed by atoms with Crippen molar-refractivity contribution in [1.29, 1.82) is 0 Å². The van der Waals surface area contributed by atoms with Gasteiger partial charge in [-0.2, -0.15) is 0 Å². The van der Waals surface area contributed by atoms with Gasteiger partial charge in [0.2, 0.25) is 5.91 Å². The minimum atomic E-state index is -0.892. The van der Waals surface area contributed by atoms with Crippen molar-refractivity contribution >= 4 is 28.3 Å². The predicted octanol–water partition coefficient (Wildman–Crippen LogP) is 3.40. The van der Waals surface area contributed by atoms with Gasteiger partial charge in [0.15, 0.2) is 5.13 Å². The van der Waals surface area contributed by atoms with E-state index in [1.807, 2.05) is 13.0 Å². The summed E-state index contributed by atoms with van der Waals surface area (Å²) in [6.45, 7) is 3.99. The zero-order valence-corrected chi connectivity index (χ0v) is 14.5. The number of carbonyl (C=O) groups excluding carboxylic acids is 1. The molecule has 2 atom stereocenters. The first-order chi connectivity index (χ1) is 11.4. The summed E-state index contributed by atoms with van der Waals surface area (Å²) >= 11 is 1.46. The Kier molecular flexibility index (Phi) is 4.66. The van der Waals surface area contributed by atoms with E-state index in [0.29, 0.717) is 18.0 Å². The van der Waals surface area contributed by atoms with Crippen LogP contribution >= 0.6 is 11.3 Å². The third-order valence-corrected chi connectivity index (χ3v) is 5.57. The van der Waals surface area contributed by atoms with Crippen LogP contribution in [0.2, 0.25) is 0 Å². The summed E-state index contributed by atoms with van der Waals surface area (Å²) in [5, 5.41) is 12.4. The molecule has 1 aromatic carbocycles. The zero-order valence-electron chi connectivity index (χ0n) is 13.7. The Morgan fingerprint density at radius 2 is 2.04 bits per heavy atom. The lowest BCUT2D eigenvalue weighted by Gasteiger charge is -2.31. The normalized spacial score (nSPS) is 19.6. The van der Waals surface area contributed by atoms with Crippen molar-refractivity contribution in [3.05, 3.63) is 46.0 Å². The average Bonchev–Trinajstić information content (AvgIpc) is 2.76. The van der Waals surface area contributed by atoms with Gasteiger partial charge in [-0.3, -0.25) is 9.59 Å². The van der Waals surface area contributed by atoms with Crippen LogP contribution in [0.1, 0.15) is 34.5 Å². The number of nitrogens with one attached hydrogen (secondary N) is 1. The molecule has 1 aromatic heterocycles. The SMILES string of the molecule is Cc1cccc(Cc2sc(NC(=O)[C@@H]3CC[C@@H]3C(=O)O)nc2C)c1. The lowest BCUT2D eigenvalue weighted by Crippen LogP contribution is -2.41. The van der Waals surface area contributed by atoms with Crippen molar-refractivity contribution in [2.75, 3.05) is 5.32 Å². The molecule has 0 saturated heterocycles. The molecule has 0 spiro atoms. The van der Waals surface area contributed by atoms with E-state index in [4.69, 9.17) is 5.11 Å². The third kappa shape index (κ3) is 3.48. The second kappa shape index (κ2) is 6.73. The van der Waals surface area contributed by atoms with Crippen LogP contribution in [0.3, 0.4) is 0 Å². The average molecular weight is 344 g/mol. The van der Waals surface area contributed by atoms with Crippen molar-refractivity contribution < 1.29 is 14.7 Å². The van der Waals surface area contributed by atoms with Gasteiger partial charge in [0, 0.05) is 11.3 Å². The molecule has 1 heterocycles. The van der Waals surface area contributed by atoms with E-state index in [1.54, 1.807) is 0 Å². The largest absolute Gasteiger partial charge is 0.481 e. The number of aromatic nitrogens is 1. The summed E-state index contributed by atoms with van der Waals surface area (Å²) in [5.74, 6) is -2.12. The van der Waals surface area contributed by atoms with Gasteiger partial charge in [-0.25, -0.2) is 4.98 Å². The van der Waals surface area contributed by atoms with Crippen LogP contribution in [0.15, 0.2) is 24.3 Å². The van der Waals surface area contributed by atoms with Crippen LogP contribution in [0.4, 0.5) is 5.13 Å². The number of hydrogen-bond acceptors (Lipinski definition) is 4. The molecule has 24 heavy (non-hydrogen) atoms. The number of aryl methyl sites for hydroxylation is 2. The highest BCUT2D eigenvalue weighted by Gasteiger charge is 2.41. The summed E-state index contributed by atoms with van der Waals surface area (Å²) in [6.07, 6.45) is 1.98. The Morgan fingerprint density at radius 3 is 2.67 bits per heavy atom. The molecule has 1 aliphatic carbocycles. The Hall–Kier alpha value is -2.21. The smallest absolute Gasteiger partial charge is 0.307 e. The van der Waals surface area contributed by atoms with Gasteiger partial charge < -0.3 is 10.4 Å². The number of carboxylic acids is 1. The molecular formula is C18H20N2O3S. The molecule has 0 aliphatic heterocycles. The highest BCUT2D eigenvalue weighted by atomic mass is 32.1. The molecule has 1 fully saturated rings. The number of nitrogens with zero attached hydrogens (tertiary/aromatic N) is 1. The van der Waals surface area contributed by atoms with Crippen LogP contribution in [0.25, 0.3) is 0 Å². The summed E-state index contributed by atoms with van der Waals surface area (Å²) < 4.78 is 0. The maximum Gasteiger partial charge on any atom is 0.307 e. The fourth-order valence-electron chi connectivity index (χ4n) is 2.96. The number of carbonyl (C=O) groups is 2. The molecule has 2 aromatic rings. The Bertz CT molecular complexity index is 784. The van der Waals surface area contributed by atoms with Gasteiger partial charge in [0.05, 0.1) is 17.5 Å². The maximum atomic E-state index is 12.2. The van der Waals surface area contributed by atoms with Gasteiger partial charge >= 0.3 is 5.97 Å². The van der Waals surface area contributed by atoms with E-state index in [0.717, 1.165) is 17.0 Å². The first kappa shape index (κ1) is 16.6. The van der Waals surface area contributed by atoms with Crippen LogP contribution in [0.5, 0.6) is 0 Å². The number of amides is 1. The number of hydrogen-bond donors (Lipinski definition) is 2. The van der Waals surface area contributed by atoms with Crippen molar-refractivity contribution in [1.82, 2.24) is 4.98 Å². The van der Waals surface area contributed by atoms with E-state index in [1.165, 1.54) is 22.5 Å². The summed E-state index contributed by atoms with van der Waals surface area (Å²) in [7, 11) is 0. The standard InChI is InChI=1S/C18H20N2O3S/c1-10-4-3-5-12(8-10)9-15-11(2)19-18(24-15)20-16(21)13-6-7-14(13)17(22)23/h3-5,8,13-14H,6-7,9H2,1-2H3,(H,22,23)(H,19,20,21)/t13-,14+/m1/s1. The molecular weight excluding hydrogens is 324 g/mol. The second-order valence-electron chi connectivity index (χ2n) is 6.31. The minimum Gasteiger partial charge on any atom is -0.481 e. The lowest BCUT2D eigenvalue weighted by molar-refractivity contribution is -0.151. The fourth-order valence-corrected chi connectivity index (χ4v) is 3.96. The van der Waals surface area contributed by atoms with Crippen molar-refractivity contribution in [2.24, 2.45) is 11.8 Å². The molecule has 0 unspecified atom stereocenters. The zero-order chi connectivity index (χ0) is 17.3. The Labute approximate surface area is 144 Å². The first-order valence-electron chi connectivity index (χ1n) is 7.99. The van der Waals surface area contributed by atoms with E-state index < -0.39 is 17.8 Å². The number of thiazole rings is 1. The van der Waals surface area contributed by atoms with E-state index >= 15 is 0 Å². The van der Waals surface area contributed by atoms with Gasteiger partial charge in [-0.1, -0.05) is 29.8 Å². The van der Waals surface area contributed by atoms with Crippen LogP contribution in [-0.2, 0) is 16.0 Å². The minimum absolute atomic E-state index is 0.232. The Morgan fingerprint density at radius 1 is 1.29 bits per heavy atom. The number of benzene rings is 1. The predicted molar refractivity (Wildman–Crippen MR) is 93.3 cm³/mol. The van der Waals surface area contributed by atoms with E-state index in [2.05, 4.69) is 35.4 Å². The molecule has 1 saturated carbocycles. The van der Waals surface area contributed by atoms with E-state index in [9.17, 15) is 9.59 Å². The molecule has 0 bridgehead atoms. The van der Waals surface area contributed by atoms with Crippen molar-refractivity contribution in [3.8, 4) is 0 Å². The second-order valence-corrected chi connectivity index (χ2v) is 7.39. The summed E-state index contributed by atoms with van der Waals surface area (Å²) in [4.78, 5) is 28.8. The van der Waals surface area contributed by atoms with Crippen LogP contribution < -0.4 is 5.32 Å². The first-order valence-corrected chi connectivity index (χ1v) is 8.81. The molecule has 1 aliphatic rings.